The summed E-state index contributed by atoms with van der Waals surface area (Å²) >= 11 is 0. The summed E-state index contributed by atoms with van der Waals surface area (Å²) in [4.78, 5) is 15.7. The molecule has 0 amide bonds. The van der Waals surface area contributed by atoms with Crippen molar-refractivity contribution in [1.29, 1.82) is 0 Å². The maximum Gasteiger partial charge on any atom is 0.344 e. The Balaban J connectivity index is 1.46. The third kappa shape index (κ3) is 3.58. The van der Waals surface area contributed by atoms with Gasteiger partial charge in [0.15, 0.2) is 6.10 Å². The Bertz CT molecular complexity index is 902. The lowest BCUT2D eigenvalue weighted by atomic mass is 9.96. The van der Waals surface area contributed by atoms with Gasteiger partial charge in [-0.3, -0.25) is 10.1 Å². The van der Waals surface area contributed by atoms with E-state index in [9.17, 15) is 4.79 Å². The lowest BCUT2D eigenvalue weighted by molar-refractivity contribution is -0.145. The van der Waals surface area contributed by atoms with E-state index in [1.165, 1.54) is 0 Å². The van der Waals surface area contributed by atoms with Gasteiger partial charge in [0.1, 0.15) is 18.1 Å². The topological polar surface area (TPSA) is 96.8 Å². The maximum atomic E-state index is 11.1. The van der Waals surface area contributed by atoms with Crippen LogP contribution >= 0.6 is 0 Å². The van der Waals surface area contributed by atoms with E-state index < -0.39 is 12.1 Å². The number of carbonyl (C=O) groups is 1. The summed E-state index contributed by atoms with van der Waals surface area (Å²) in [6.45, 7) is 2.53. The predicted molar refractivity (Wildman–Crippen MR) is 98.6 cm³/mol. The molecule has 0 bridgehead atoms. The zero-order valence-electron chi connectivity index (χ0n) is 15.0. The molecule has 7 heteroatoms. The highest BCUT2D eigenvalue weighted by Gasteiger charge is 2.27. The normalized spacial score (nSPS) is 21.5. The van der Waals surface area contributed by atoms with Crippen molar-refractivity contribution in [2.24, 2.45) is 10.9 Å². The second-order valence-corrected chi connectivity index (χ2v) is 6.85. The fourth-order valence-electron chi connectivity index (χ4n) is 3.52. The minimum atomic E-state index is -0.922. The first-order valence-corrected chi connectivity index (χ1v) is 9.01. The number of hydrogen-bond acceptors (Lipinski definition) is 5. The molecule has 0 fully saturated rings. The van der Waals surface area contributed by atoms with Gasteiger partial charge in [0.25, 0.3) is 0 Å². The third-order valence-corrected chi connectivity index (χ3v) is 4.94. The molecule has 2 N–H and O–H groups in total. The van der Waals surface area contributed by atoms with E-state index in [1.807, 2.05) is 24.3 Å². The van der Waals surface area contributed by atoms with Crippen LogP contribution in [0.15, 0.2) is 47.4 Å². The quantitative estimate of drug-likeness (QED) is 0.846. The highest BCUT2D eigenvalue weighted by atomic mass is 16.5. The highest BCUT2D eigenvalue weighted by Crippen LogP contribution is 2.32. The number of nitrogens with zero attached hydrogens (tertiary/aromatic N) is 2. The third-order valence-electron chi connectivity index (χ3n) is 4.94. The lowest BCUT2D eigenvalue weighted by Crippen LogP contribution is -2.31. The molecule has 140 valence electrons. The Morgan fingerprint density at radius 1 is 1.41 bits per heavy atom. The van der Waals surface area contributed by atoms with Gasteiger partial charge in [0.2, 0.25) is 0 Å². The summed E-state index contributed by atoms with van der Waals surface area (Å²) in [6.07, 6.45) is 4.62. The van der Waals surface area contributed by atoms with Crippen molar-refractivity contribution >= 4 is 11.7 Å². The van der Waals surface area contributed by atoms with Crippen LogP contribution in [0.5, 0.6) is 5.75 Å². The number of allylic oxidation sites excluding steroid dienone is 1. The summed E-state index contributed by atoms with van der Waals surface area (Å²) in [5, 5.41) is 16.1. The number of rotatable bonds is 5. The van der Waals surface area contributed by atoms with Crippen molar-refractivity contribution in [3.8, 4) is 5.75 Å². The van der Waals surface area contributed by atoms with Gasteiger partial charge in [-0.25, -0.2) is 4.79 Å². The molecule has 27 heavy (non-hydrogen) atoms. The number of benzene rings is 1. The van der Waals surface area contributed by atoms with E-state index in [-0.39, 0.29) is 5.92 Å². The van der Waals surface area contributed by atoms with Crippen LogP contribution in [0.25, 0.3) is 0 Å². The predicted octanol–water partition coefficient (Wildman–Crippen LogP) is 3.08. The van der Waals surface area contributed by atoms with E-state index in [0.29, 0.717) is 25.2 Å². The Morgan fingerprint density at radius 3 is 3.04 bits per heavy atom. The number of aromatic nitrogens is 2. The van der Waals surface area contributed by atoms with Crippen LogP contribution in [0.4, 0.5) is 0 Å². The molecule has 0 saturated carbocycles. The average Bonchev–Trinajstić information content (AvgIpc) is 3.20. The molecule has 0 radical (unpaired) electrons. The Labute approximate surface area is 156 Å². The molecule has 2 unspecified atom stereocenters. The minimum Gasteiger partial charge on any atom is -0.492 e. The van der Waals surface area contributed by atoms with Gasteiger partial charge < -0.3 is 14.6 Å². The van der Waals surface area contributed by atoms with Gasteiger partial charge in [-0.1, -0.05) is 19.1 Å². The SMILES string of the molecule is CC1CC(OCc2cccc3c2CCC(C(=O)O)O3)=CN=C1c1ccn[nH]1. The zero-order valence-corrected chi connectivity index (χ0v) is 15.0. The average molecular weight is 367 g/mol. The number of H-pyrrole nitrogens is 1. The summed E-state index contributed by atoms with van der Waals surface area (Å²) in [6, 6.07) is 7.59. The smallest absolute Gasteiger partial charge is 0.344 e. The van der Waals surface area contributed by atoms with Crippen LogP contribution in [-0.2, 0) is 22.6 Å². The van der Waals surface area contributed by atoms with Crippen molar-refractivity contribution in [2.75, 3.05) is 0 Å². The first kappa shape index (κ1) is 17.3. The number of fused-ring (bicyclic) bond motifs is 1. The molecule has 7 nitrogen and oxygen atoms in total. The van der Waals surface area contributed by atoms with Crippen LogP contribution in [0.1, 0.15) is 36.6 Å². The number of aliphatic carboxylic acids is 1. The van der Waals surface area contributed by atoms with Crippen molar-refractivity contribution in [2.45, 2.75) is 38.9 Å². The molecule has 4 rings (SSSR count). The van der Waals surface area contributed by atoms with Crippen LogP contribution in [-0.4, -0.2) is 33.1 Å². The van der Waals surface area contributed by atoms with Crippen LogP contribution in [0, 0.1) is 5.92 Å². The van der Waals surface area contributed by atoms with E-state index >= 15 is 0 Å². The van der Waals surface area contributed by atoms with Crippen LogP contribution < -0.4 is 4.74 Å². The minimum absolute atomic E-state index is 0.231. The monoisotopic (exact) mass is 367 g/mol. The van der Waals surface area contributed by atoms with Crippen molar-refractivity contribution in [3.63, 3.8) is 0 Å². The van der Waals surface area contributed by atoms with Gasteiger partial charge in [-0.05, 0) is 30.5 Å². The highest BCUT2D eigenvalue weighted by molar-refractivity contribution is 6.01. The van der Waals surface area contributed by atoms with Crippen LogP contribution in [0.3, 0.4) is 0 Å². The molecule has 1 aromatic carbocycles. The van der Waals surface area contributed by atoms with Gasteiger partial charge >= 0.3 is 5.97 Å². The Hall–Kier alpha value is -3.09. The first-order valence-electron chi connectivity index (χ1n) is 9.01. The van der Waals surface area contributed by atoms with Crippen molar-refractivity contribution < 1.29 is 19.4 Å². The fourth-order valence-corrected chi connectivity index (χ4v) is 3.52. The molecule has 2 aromatic rings. The van der Waals surface area contributed by atoms with Gasteiger partial charge in [0, 0.05) is 24.1 Å². The zero-order chi connectivity index (χ0) is 18.8. The number of carboxylic acids is 1. The van der Waals surface area contributed by atoms with E-state index in [1.54, 1.807) is 12.4 Å². The molecule has 2 aliphatic rings. The first-order chi connectivity index (χ1) is 13.1. The van der Waals surface area contributed by atoms with Gasteiger partial charge in [0.05, 0.1) is 17.6 Å². The molecule has 0 saturated heterocycles. The summed E-state index contributed by atoms with van der Waals surface area (Å²) in [5.74, 6) is 0.785. The fraction of sp³-hybridized carbons (Fsp3) is 0.350. The summed E-state index contributed by atoms with van der Waals surface area (Å²) < 4.78 is 11.6. The molecule has 2 atom stereocenters. The number of aromatic amines is 1. The number of ether oxygens (including phenoxy) is 2. The second-order valence-electron chi connectivity index (χ2n) is 6.85. The molecule has 0 spiro atoms. The summed E-state index contributed by atoms with van der Waals surface area (Å²) in [7, 11) is 0. The number of aliphatic imine (C=N–C) groups is 1. The van der Waals surface area contributed by atoms with Crippen LogP contribution in [0.2, 0.25) is 0 Å². The largest absolute Gasteiger partial charge is 0.492 e. The molecule has 3 heterocycles. The van der Waals surface area contributed by atoms with E-state index in [2.05, 4.69) is 22.1 Å². The van der Waals surface area contributed by atoms with E-state index in [4.69, 9.17) is 14.6 Å². The van der Waals surface area contributed by atoms with Crippen molar-refractivity contribution in [3.05, 3.63) is 59.2 Å². The number of carboxylic acid groups (broad SMARTS) is 1. The second kappa shape index (κ2) is 7.26. The Kier molecular flexibility index (Phi) is 4.66. The number of nitrogens with one attached hydrogen (secondary N) is 1. The molecule has 2 aliphatic heterocycles. The molecule has 0 aliphatic carbocycles. The lowest BCUT2D eigenvalue weighted by Gasteiger charge is -2.25. The molecular formula is C20H21N3O4. The number of hydrogen-bond donors (Lipinski definition) is 2. The van der Waals surface area contributed by atoms with Gasteiger partial charge in [-0.2, -0.15) is 5.10 Å². The maximum absolute atomic E-state index is 11.1. The molecule has 1 aromatic heterocycles. The van der Waals surface area contributed by atoms with Gasteiger partial charge in [-0.15, -0.1) is 0 Å². The summed E-state index contributed by atoms with van der Waals surface area (Å²) in [5.41, 5.74) is 3.96. The standard InChI is InChI=1S/C20H21N3O4/c1-12-9-14(10-21-19(12)16-7-8-22-23-16)26-11-13-3-2-4-17-15(13)5-6-18(27-17)20(24)25/h2-4,7-8,10,12,18H,5-6,9,11H2,1H3,(H,22,23)(H,24,25). The Morgan fingerprint density at radius 2 is 2.30 bits per heavy atom. The van der Waals surface area contributed by atoms with Crippen molar-refractivity contribution in [1.82, 2.24) is 10.2 Å². The van der Waals surface area contributed by atoms with E-state index in [0.717, 1.165) is 34.7 Å². The molecular weight excluding hydrogens is 346 g/mol.